The van der Waals surface area contributed by atoms with E-state index in [0.29, 0.717) is 12.2 Å². The van der Waals surface area contributed by atoms with E-state index in [1.54, 1.807) is 24.4 Å². The molecule has 1 aromatic rings. The Morgan fingerprint density at radius 3 is 3.11 bits per heavy atom. The van der Waals surface area contributed by atoms with Crippen molar-refractivity contribution in [3.63, 3.8) is 0 Å². The Hall–Kier alpha value is -1.38. The van der Waals surface area contributed by atoms with Gasteiger partial charge in [-0.3, -0.25) is 4.79 Å². The molecule has 1 amide bonds. The van der Waals surface area contributed by atoms with Crippen molar-refractivity contribution in [1.82, 2.24) is 4.98 Å². The van der Waals surface area contributed by atoms with Gasteiger partial charge in [0.2, 0.25) is 6.41 Å². The number of rotatable bonds is 2. The molecule has 0 aliphatic heterocycles. The largest absolute Gasteiger partial charge is 0.313 e. The summed E-state index contributed by atoms with van der Waals surface area (Å²) in [4.78, 5) is 13.6. The van der Waals surface area contributed by atoms with Crippen molar-refractivity contribution in [2.24, 2.45) is 0 Å². The molecule has 9 heavy (non-hydrogen) atoms. The van der Waals surface area contributed by atoms with E-state index in [-0.39, 0.29) is 1.43 Å². The molecule has 1 heterocycles. The molecular formula is C6H8N2O. The summed E-state index contributed by atoms with van der Waals surface area (Å²) in [6.45, 7) is 0. The van der Waals surface area contributed by atoms with E-state index in [2.05, 4.69) is 10.3 Å². The maximum atomic E-state index is 9.82. The third-order valence-electron chi connectivity index (χ3n) is 0.872. The molecular weight excluding hydrogens is 116 g/mol. The van der Waals surface area contributed by atoms with Gasteiger partial charge in [-0.15, -0.1) is 0 Å². The second-order valence-corrected chi connectivity index (χ2v) is 1.48. The van der Waals surface area contributed by atoms with Crippen LogP contribution in [-0.2, 0) is 4.79 Å². The van der Waals surface area contributed by atoms with Crippen LogP contribution in [0, 0.1) is 0 Å². The molecule has 0 radical (unpaired) electrons. The second-order valence-electron chi connectivity index (χ2n) is 1.48. The van der Waals surface area contributed by atoms with Crippen molar-refractivity contribution in [3.05, 3.63) is 24.4 Å². The average molecular weight is 124 g/mol. The van der Waals surface area contributed by atoms with E-state index in [1.807, 2.05) is 0 Å². The van der Waals surface area contributed by atoms with Crippen LogP contribution in [0.4, 0.5) is 5.82 Å². The lowest BCUT2D eigenvalue weighted by atomic mass is 10.5. The van der Waals surface area contributed by atoms with Crippen LogP contribution < -0.4 is 5.32 Å². The topological polar surface area (TPSA) is 42.0 Å². The number of amides is 1. The molecule has 0 aromatic carbocycles. The van der Waals surface area contributed by atoms with Gasteiger partial charge in [0.05, 0.1) is 0 Å². The van der Waals surface area contributed by atoms with Gasteiger partial charge >= 0.3 is 0 Å². The van der Waals surface area contributed by atoms with Crippen molar-refractivity contribution in [2.45, 2.75) is 0 Å². The lowest BCUT2D eigenvalue weighted by Crippen LogP contribution is -1.94. The minimum atomic E-state index is 0. The van der Waals surface area contributed by atoms with Crippen molar-refractivity contribution in [1.29, 1.82) is 0 Å². The number of hydrogen-bond donors (Lipinski definition) is 1. The molecule has 0 unspecified atom stereocenters. The molecule has 1 N–H and O–H groups in total. The predicted molar refractivity (Wildman–Crippen MR) is 36.0 cm³/mol. The Morgan fingerprint density at radius 1 is 1.67 bits per heavy atom. The normalized spacial score (nSPS) is 8.44. The molecule has 48 valence electrons. The van der Waals surface area contributed by atoms with Gasteiger partial charge in [0.1, 0.15) is 5.82 Å². The standard InChI is InChI=1S/C6H6N2O.H2/c9-5-8-6-3-1-2-4-7-6;/h1-5H,(H,7,8,9);1H. The van der Waals surface area contributed by atoms with Crippen LogP contribution in [0.2, 0.25) is 0 Å². The fourth-order valence-electron chi connectivity index (χ4n) is 0.509. The summed E-state index contributed by atoms with van der Waals surface area (Å²) >= 11 is 0. The number of hydrogen-bond acceptors (Lipinski definition) is 2. The highest BCUT2D eigenvalue weighted by molar-refractivity contribution is 5.68. The molecule has 0 saturated heterocycles. The van der Waals surface area contributed by atoms with E-state index in [4.69, 9.17) is 0 Å². The summed E-state index contributed by atoms with van der Waals surface area (Å²) in [5.41, 5.74) is 0. The molecule has 1 aromatic heterocycles. The zero-order valence-electron chi connectivity index (χ0n) is 4.74. The number of carbonyl (C=O) groups excluding carboxylic acids is 1. The Morgan fingerprint density at radius 2 is 2.56 bits per heavy atom. The molecule has 3 heteroatoms. The van der Waals surface area contributed by atoms with Gasteiger partial charge in [0, 0.05) is 7.62 Å². The molecule has 0 fully saturated rings. The van der Waals surface area contributed by atoms with Crippen LogP contribution in [0.1, 0.15) is 1.43 Å². The first kappa shape index (κ1) is 5.75. The highest BCUT2D eigenvalue weighted by atomic mass is 16.1. The van der Waals surface area contributed by atoms with Crippen LogP contribution in [0.5, 0.6) is 0 Å². The average Bonchev–Trinajstić information content (AvgIpc) is 1.91. The van der Waals surface area contributed by atoms with Gasteiger partial charge < -0.3 is 5.32 Å². The van der Waals surface area contributed by atoms with Crippen LogP contribution in [0.25, 0.3) is 0 Å². The van der Waals surface area contributed by atoms with Gasteiger partial charge in [-0.25, -0.2) is 4.98 Å². The van der Waals surface area contributed by atoms with Gasteiger partial charge in [-0.05, 0) is 12.1 Å². The fraction of sp³-hybridized carbons (Fsp3) is 0. The van der Waals surface area contributed by atoms with E-state index < -0.39 is 0 Å². The number of anilines is 1. The van der Waals surface area contributed by atoms with E-state index >= 15 is 0 Å². The summed E-state index contributed by atoms with van der Waals surface area (Å²) in [5.74, 6) is 0.576. The number of nitrogens with zero attached hydrogens (tertiary/aromatic N) is 1. The Bertz CT molecular complexity index is 190. The van der Waals surface area contributed by atoms with Crippen LogP contribution in [0.3, 0.4) is 0 Å². The van der Waals surface area contributed by atoms with E-state index in [9.17, 15) is 4.79 Å². The summed E-state index contributed by atoms with van der Waals surface area (Å²) in [7, 11) is 0. The Kier molecular flexibility index (Phi) is 1.80. The first-order valence-corrected chi connectivity index (χ1v) is 2.54. The predicted octanol–water partition coefficient (Wildman–Crippen LogP) is 0.896. The minimum Gasteiger partial charge on any atom is -0.313 e. The summed E-state index contributed by atoms with van der Waals surface area (Å²) in [6.07, 6.45) is 2.22. The van der Waals surface area contributed by atoms with Gasteiger partial charge in [-0.1, -0.05) is 6.07 Å². The van der Waals surface area contributed by atoms with Crippen LogP contribution in [0.15, 0.2) is 24.4 Å². The van der Waals surface area contributed by atoms with E-state index in [1.165, 1.54) is 0 Å². The quantitative estimate of drug-likeness (QED) is 0.595. The van der Waals surface area contributed by atoms with Crippen molar-refractivity contribution in [2.75, 3.05) is 5.32 Å². The molecule has 1 rings (SSSR count). The number of aromatic nitrogens is 1. The highest BCUT2D eigenvalue weighted by Gasteiger charge is 1.83. The third-order valence-corrected chi connectivity index (χ3v) is 0.872. The maximum Gasteiger partial charge on any atom is 0.212 e. The lowest BCUT2D eigenvalue weighted by molar-refractivity contribution is -0.105. The van der Waals surface area contributed by atoms with Gasteiger partial charge in [0.15, 0.2) is 0 Å². The highest BCUT2D eigenvalue weighted by Crippen LogP contribution is 1.95. The smallest absolute Gasteiger partial charge is 0.212 e. The fourth-order valence-corrected chi connectivity index (χ4v) is 0.509. The third kappa shape index (κ3) is 1.53. The zero-order valence-corrected chi connectivity index (χ0v) is 4.74. The lowest BCUT2D eigenvalue weighted by Gasteiger charge is -1.91. The van der Waals surface area contributed by atoms with Crippen molar-refractivity contribution >= 4 is 12.2 Å². The van der Waals surface area contributed by atoms with Crippen molar-refractivity contribution < 1.29 is 6.22 Å². The van der Waals surface area contributed by atoms with Gasteiger partial charge in [0.25, 0.3) is 0 Å². The summed E-state index contributed by atoms with van der Waals surface area (Å²) in [5, 5.41) is 2.42. The Labute approximate surface area is 54.2 Å². The Balaban J connectivity index is 0.000000810. The second kappa shape index (κ2) is 2.81. The van der Waals surface area contributed by atoms with Crippen LogP contribution >= 0.6 is 0 Å². The zero-order chi connectivity index (χ0) is 6.53. The SMILES string of the molecule is O=CNc1ccccn1.[HH]. The number of pyridine rings is 1. The molecule has 3 nitrogen and oxygen atoms in total. The summed E-state index contributed by atoms with van der Waals surface area (Å²) in [6, 6.07) is 5.31. The first-order chi connectivity index (χ1) is 4.43. The number of carbonyl (C=O) groups is 1. The molecule has 0 saturated carbocycles. The molecule has 0 aliphatic carbocycles. The maximum absolute atomic E-state index is 9.82. The van der Waals surface area contributed by atoms with Crippen LogP contribution in [-0.4, -0.2) is 11.4 Å². The molecule has 0 spiro atoms. The number of nitrogens with one attached hydrogen (secondary N) is 1. The molecule has 0 aliphatic rings. The van der Waals surface area contributed by atoms with Crippen molar-refractivity contribution in [3.8, 4) is 0 Å². The van der Waals surface area contributed by atoms with Gasteiger partial charge in [-0.2, -0.15) is 0 Å². The monoisotopic (exact) mass is 124 g/mol. The summed E-state index contributed by atoms with van der Waals surface area (Å²) < 4.78 is 0. The minimum absolute atomic E-state index is 0. The molecule has 0 bridgehead atoms. The first-order valence-electron chi connectivity index (χ1n) is 2.54. The molecule has 0 atom stereocenters. The van der Waals surface area contributed by atoms with E-state index in [0.717, 1.165) is 0 Å².